The molecule has 0 spiro atoms. The Morgan fingerprint density at radius 2 is 1.68 bits per heavy atom. The second kappa shape index (κ2) is 10.9. The van der Waals surface area contributed by atoms with Crippen molar-refractivity contribution in [1.29, 1.82) is 0 Å². The van der Waals surface area contributed by atoms with Gasteiger partial charge in [0, 0.05) is 36.6 Å². The smallest absolute Gasteiger partial charge is 0.254 e. The fraction of sp³-hybridized carbons (Fsp3) is 0.226. The number of nitrogens with zero attached hydrogens (tertiary/aromatic N) is 3. The fourth-order valence-electron chi connectivity index (χ4n) is 4.89. The summed E-state index contributed by atoms with van der Waals surface area (Å²) in [5.74, 6) is 0.376. The quantitative estimate of drug-likeness (QED) is 0.310. The molecule has 0 fully saturated rings. The molecule has 4 aromatic rings. The minimum Gasteiger partial charge on any atom is -0.457 e. The van der Waals surface area contributed by atoms with E-state index >= 15 is 0 Å². The van der Waals surface area contributed by atoms with Gasteiger partial charge in [-0.1, -0.05) is 36.4 Å². The molecular formula is C31H30FN3O3. The molecule has 0 aliphatic carbocycles. The third-order valence-electron chi connectivity index (χ3n) is 6.77. The van der Waals surface area contributed by atoms with Gasteiger partial charge in [0.25, 0.3) is 5.91 Å². The summed E-state index contributed by atoms with van der Waals surface area (Å²) >= 11 is 0. The molecule has 194 valence electrons. The molecule has 0 saturated carbocycles. The average Bonchev–Trinajstić information content (AvgIpc) is 3.40. The lowest BCUT2D eigenvalue weighted by Crippen LogP contribution is -2.49. The lowest BCUT2D eigenvalue weighted by Gasteiger charge is -2.39. The van der Waals surface area contributed by atoms with Gasteiger partial charge < -0.3 is 19.1 Å². The number of hydrogen-bond acceptors (Lipinski definition) is 3. The van der Waals surface area contributed by atoms with Gasteiger partial charge in [-0.2, -0.15) is 0 Å². The summed E-state index contributed by atoms with van der Waals surface area (Å²) in [6.07, 6.45) is 2.02. The van der Waals surface area contributed by atoms with Gasteiger partial charge in [0.2, 0.25) is 5.91 Å². The van der Waals surface area contributed by atoms with Gasteiger partial charge in [0.05, 0.1) is 6.04 Å². The molecule has 2 heterocycles. The molecule has 5 rings (SSSR count). The van der Waals surface area contributed by atoms with Crippen LogP contribution in [0.15, 0.2) is 97.2 Å². The van der Waals surface area contributed by atoms with E-state index in [0.29, 0.717) is 18.8 Å². The van der Waals surface area contributed by atoms with Gasteiger partial charge in [-0.15, -0.1) is 0 Å². The van der Waals surface area contributed by atoms with E-state index in [2.05, 4.69) is 4.57 Å². The summed E-state index contributed by atoms with van der Waals surface area (Å²) in [5.41, 5.74) is 2.13. The van der Waals surface area contributed by atoms with E-state index in [-0.39, 0.29) is 36.0 Å². The first-order valence-corrected chi connectivity index (χ1v) is 12.7. The Morgan fingerprint density at radius 1 is 0.921 bits per heavy atom. The Bertz CT molecular complexity index is 1430. The summed E-state index contributed by atoms with van der Waals surface area (Å²) < 4.78 is 22.0. The van der Waals surface area contributed by atoms with Crippen molar-refractivity contribution >= 4 is 11.8 Å². The van der Waals surface area contributed by atoms with Gasteiger partial charge >= 0.3 is 0 Å². The third-order valence-corrected chi connectivity index (χ3v) is 6.77. The van der Waals surface area contributed by atoms with Crippen LogP contribution >= 0.6 is 0 Å². The number of aromatic nitrogens is 1. The van der Waals surface area contributed by atoms with E-state index in [4.69, 9.17) is 4.74 Å². The zero-order chi connectivity index (χ0) is 26.6. The van der Waals surface area contributed by atoms with Crippen molar-refractivity contribution in [2.45, 2.75) is 32.5 Å². The molecule has 0 saturated heterocycles. The lowest BCUT2D eigenvalue weighted by atomic mass is 9.99. The van der Waals surface area contributed by atoms with Crippen LogP contribution < -0.4 is 4.74 Å². The molecular weight excluding hydrogens is 481 g/mol. The van der Waals surface area contributed by atoms with Crippen molar-refractivity contribution in [3.8, 4) is 11.5 Å². The van der Waals surface area contributed by atoms with Crippen LogP contribution in [0.25, 0.3) is 0 Å². The van der Waals surface area contributed by atoms with E-state index in [9.17, 15) is 14.0 Å². The largest absolute Gasteiger partial charge is 0.457 e. The number of ether oxygens (including phenoxy) is 1. The van der Waals surface area contributed by atoms with E-state index in [1.807, 2.05) is 91.7 Å². The lowest BCUT2D eigenvalue weighted by molar-refractivity contribution is -0.135. The maximum Gasteiger partial charge on any atom is 0.254 e. The molecule has 1 aliphatic heterocycles. The zero-order valence-electron chi connectivity index (χ0n) is 21.5. The average molecular weight is 512 g/mol. The molecule has 6 nitrogen and oxygen atoms in total. The van der Waals surface area contributed by atoms with Crippen LogP contribution in [0.2, 0.25) is 0 Å². The number of benzene rings is 3. The van der Waals surface area contributed by atoms with E-state index in [1.54, 1.807) is 6.07 Å². The minimum absolute atomic E-state index is 0.107. The maximum absolute atomic E-state index is 13.8. The normalized spacial score (nSPS) is 14.7. The summed E-state index contributed by atoms with van der Waals surface area (Å²) in [6.45, 7) is 4.76. The molecule has 0 bridgehead atoms. The Balaban J connectivity index is 1.43. The van der Waals surface area contributed by atoms with Crippen molar-refractivity contribution in [3.63, 3.8) is 0 Å². The number of fused-ring (bicyclic) bond motifs is 1. The van der Waals surface area contributed by atoms with Crippen LogP contribution in [0.3, 0.4) is 0 Å². The Morgan fingerprint density at radius 3 is 2.45 bits per heavy atom. The van der Waals surface area contributed by atoms with Crippen molar-refractivity contribution < 1.29 is 18.7 Å². The second-order valence-corrected chi connectivity index (χ2v) is 9.64. The van der Waals surface area contributed by atoms with Crippen LogP contribution in [-0.2, 0) is 11.3 Å². The number of rotatable bonds is 7. The van der Waals surface area contributed by atoms with Crippen LogP contribution in [0, 0.1) is 5.82 Å². The Kier molecular flexibility index (Phi) is 7.26. The Labute approximate surface area is 221 Å². The first kappa shape index (κ1) is 25.3. The Hall–Kier alpha value is -4.39. The predicted molar refractivity (Wildman–Crippen MR) is 144 cm³/mol. The topological polar surface area (TPSA) is 54.8 Å². The fourth-order valence-corrected chi connectivity index (χ4v) is 4.89. The minimum atomic E-state index is -0.486. The number of halogens is 1. The van der Waals surface area contributed by atoms with E-state index in [1.165, 1.54) is 23.1 Å². The highest BCUT2D eigenvalue weighted by Crippen LogP contribution is 2.35. The van der Waals surface area contributed by atoms with Crippen LogP contribution in [0.4, 0.5) is 4.39 Å². The standard InChI is InChI=1S/C31H30FN3O3/c1-22(2)35(31(37)24-10-6-11-25(32)19-24)21-29(36)34-18-17-33-16-8-15-28(33)30(34)23-9-7-14-27(20-23)38-26-12-4-3-5-13-26/h3-16,19-20,22,30H,17-18,21H2,1-2H3/t30-/m0/s1. The molecule has 2 amide bonds. The highest BCUT2D eigenvalue weighted by Gasteiger charge is 2.34. The molecule has 0 N–H and O–H groups in total. The van der Waals surface area contributed by atoms with Gasteiger partial charge in [0.1, 0.15) is 23.9 Å². The van der Waals surface area contributed by atoms with Crippen LogP contribution in [-0.4, -0.2) is 45.3 Å². The summed E-state index contributed by atoms with van der Waals surface area (Å²) in [5, 5.41) is 0. The molecule has 1 aromatic heterocycles. The molecule has 3 aromatic carbocycles. The first-order chi connectivity index (χ1) is 18.4. The van der Waals surface area contributed by atoms with Gasteiger partial charge in [-0.05, 0) is 74.0 Å². The molecule has 0 unspecified atom stereocenters. The van der Waals surface area contributed by atoms with Gasteiger partial charge in [-0.3, -0.25) is 9.59 Å². The summed E-state index contributed by atoms with van der Waals surface area (Å²) in [7, 11) is 0. The zero-order valence-corrected chi connectivity index (χ0v) is 21.5. The number of hydrogen-bond donors (Lipinski definition) is 0. The molecule has 1 aliphatic rings. The number of carbonyl (C=O) groups is 2. The van der Waals surface area contributed by atoms with E-state index in [0.717, 1.165) is 17.0 Å². The number of amides is 2. The van der Waals surface area contributed by atoms with Crippen LogP contribution in [0.5, 0.6) is 11.5 Å². The summed E-state index contributed by atoms with van der Waals surface area (Å²) in [4.78, 5) is 30.4. The number of carbonyl (C=O) groups excluding carboxylic acids is 2. The summed E-state index contributed by atoms with van der Waals surface area (Å²) in [6, 6.07) is 26.3. The van der Waals surface area contributed by atoms with Crippen molar-refractivity contribution in [3.05, 3.63) is 120 Å². The molecule has 38 heavy (non-hydrogen) atoms. The first-order valence-electron chi connectivity index (χ1n) is 12.7. The number of para-hydroxylation sites is 1. The van der Waals surface area contributed by atoms with Gasteiger partial charge in [0.15, 0.2) is 0 Å². The molecule has 0 radical (unpaired) electrons. The van der Waals surface area contributed by atoms with Crippen molar-refractivity contribution in [1.82, 2.24) is 14.4 Å². The molecule has 1 atom stereocenters. The molecule has 7 heteroatoms. The monoisotopic (exact) mass is 511 g/mol. The van der Waals surface area contributed by atoms with Gasteiger partial charge in [-0.25, -0.2) is 4.39 Å². The second-order valence-electron chi connectivity index (χ2n) is 9.64. The van der Waals surface area contributed by atoms with Crippen LogP contribution in [0.1, 0.15) is 41.5 Å². The van der Waals surface area contributed by atoms with Crippen molar-refractivity contribution in [2.24, 2.45) is 0 Å². The highest BCUT2D eigenvalue weighted by atomic mass is 19.1. The maximum atomic E-state index is 13.8. The SMILES string of the molecule is CC(C)N(CC(=O)N1CCn2cccc2[C@@H]1c1cccc(Oc2ccccc2)c1)C(=O)c1cccc(F)c1. The van der Waals surface area contributed by atoms with Crippen molar-refractivity contribution in [2.75, 3.05) is 13.1 Å². The van der Waals surface area contributed by atoms with E-state index < -0.39 is 5.82 Å². The predicted octanol–water partition coefficient (Wildman–Crippen LogP) is 5.90. The third kappa shape index (κ3) is 5.32. The highest BCUT2D eigenvalue weighted by molar-refractivity contribution is 5.96.